The molecule has 0 aromatic carbocycles. The molecule has 1 amide bonds. The van der Waals surface area contributed by atoms with E-state index in [2.05, 4.69) is 0 Å². The molecule has 11 heteroatoms. The van der Waals surface area contributed by atoms with Crippen molar-refractivity contribution in [3.05, 3.63) is 56.8 Å². The van der Waals surface area contributed by atoms with E-state index in [9.17, 15) is 22.8 Å². The quantitative estimate of drug-likeness (QED) is 0.529. The molecule has 0 unspecified atom stereocenters. The lowest BCUT2D eigenvalue weighted by molar-refractivity contribution is 0.0715. The Kier molecular flexibility index (Phi) is 6.08. The molecule has 0 N–H and O–H groups in total. The van der Waals surface area contributed by atoms with E-state index in [0.29, 0.717) is 61.4 Å². The predicted octanol–water partition coefficient (Wildman–Crippen LogP) is 1.26. The van der Waals surface area contributed by atoms with Crippen molar-refractivity contribution in [1.82, 2.24) is 18.6 Å². The standard InChI is InChI=1S/C22H28N4O6S/c1-4-9-26-18(13-17-19(26)23(2)22(29)24(3)20(17)27)21(28)25-10-7-16(8-11-25)33(30,31)14-15-6-5-12-32-15/h5-6,12-13,16H,4,7-11,14H2,1-3H3. The summed E-state index contributed by atoms with van der Waals surface area (Å²) in [5, 5.41) is -0.228. The van der Waals surface area contributed by atoms with Crippen LogP contribution in [0.3, 0.4) is 0 Å². The third-order valence-electron chi connectivity index (χ3n) is 6.32. The van der Waals surface area contributed by atoms with Gasteiger partial charge in [-0.25, -0.2) is 13.2 Å². The van der Waals surface area contributed by atoms with Gasteiger partial charge in [-0.2, -0.15) is 0 Å². The first-order chi connectivity index (χ1) is 15.7. The van der Waals surface area contributed by atoms with Crippen molar-refractivity contribution in [1.29, 1.82) is 0 Å². The minimum atomic E-state index is -3.40. The van der Waals surface area contributed by atoms with Gasteiger partial charge in [-0.15, -0.1) is 0 Å². The summed E-state index contributed by atoms with van der Waals surface area (Å²) in [5.74, 6) is -0.0125. The summed E-state index contributed by atoms with van der Waals surface area (Å²) in [4.78, 5) is 40.2. The molecule has 4 heterocycles. The highest BCUT2D eigenvalue weighted by Crippen LogP contribution is 2.24. The Morgan fingerprint density at radius 2 is 1.85 bits per heavy atom. The van der Waals surface area contributed by atoms with Crippen LogP contribution in [-0.4, -0.2) is 51.3 Å². The maximum Gasteiger partial charge on any atom is 0.332 e. The first-order valence-corrected chi connectivity index (χ1v) is 12.7. The Bertz CT molecular complexity index is 1400. The fraction of sp³-hybridized carbons (Fsp3) is 0.500. The number of carbonyl (C=O) groups is 1. The average molecular weight is 477 g/mol. The van der Waals surface area contributed by atoms with Crippen molar-refractivity contribution >= 4 is 26.8 Å². The molecular formula is C22H28N4O6S. The minimum absolute atomic E-state index is 0.152. The first kappa shape index (κ1) is 23.1. The van der Waals surface area contributed by atoms with Gasteiger partial charge in [0.1, 0.15) is 22.9 Å². The minimum Gasteiger partial charge on any atom is -0.468 e. The van der Waals surface area contributed by atoms with Gasteiger partial charge in [0.05, 0.1) is 16.9 Å². The Hall–Kier alpha value is -3.08. The predicted molar refractivity (Wildman–Crippen MR) is 123 cm³/mol. The summed E-state index contributed by atoms with van der Waals surface area (Å²) in [5.41, 5.74) is -0.143. The smallest absolute Gasteiger partial charge is 0.332 e. The Balaban J connectivity index is 1.60. The summed E-state index contributed by atoms with van der Waals surface area (Å²) >= 11 is 0. The Labute approximate surface area is 190 Å². The lowest BCUT2D eigenvalue weighted by atomic mass is 10.1. The molecule has 3 aromatic rings. The van der Waals surface area contributed by atoms with E-state index in [0.717, 1.165) is 4.57 Å². The third-order valence-corrected chi connectivity index (χ3v) is 8.50. The number of hydrogen-bond donors (Lipinski definition) is 0. The normalized spacial score (nSPS) is 15.4. The molecule has 0 radical (unpaired) electrons. The zero-order chi connectivity index (χ0) is 23.9. The van der Waals surface area contributed by atoms with Gasteiger partial charge in [0, 0.05) is 33.7 Å². The van der Waals surface area contributed by atoms with Crippen LogP contribution >= 0.6 is 0 Å². The topological polar surface area (TPSA) is 117 Å². The number of aromatic nitrogens is 3. The first-order valence-electron chi connectivity index (χ1n) is 11.0. The van der Waals surface area contributed by atoms with Crippen LogP contribution in [0.2, 0.25) is 0 Å². The van der Waals surface area contributed by atoms with Crippen LogP contribution < -0.4 is 11.2 Å². The maximum absolute atomic E-state index is 13.4. The molecule has 3 aromatic heterocycles. The van der Waals surface area contributed by atoms with Crippen molar-refractivity contribution in [2.24, 2.45) is 14.1 Å². The molecule has 10 nitrogen and oxygen atoms in total. The number of furan rings is 1. The Morgan fingerprint density at radius 1 is 1.15 bits per heavy atom. The summed E-state index contributed by atoms with van der Waals surface area (Å²) in [6.45, 7) is 3.02. The molecule has 1 fully saturated rings. The van der Waals surface area contributed by atoms with Crippen molar-refractivity contribution in [3.8, 4) is 0 Å². The van der Waals surface area contributed by atoms with Crippen molar-refractivity contribution in [2.75, 3.05) is 13.1 Å². The van der Waals surface area contributed by atoms with Crippen LogP contribution in [0.1, 0.15) is 42.4 Å². The molecular weight excluding hydrogens is 448 g/mol. The molecule has 1 aliphatic rings. The fourth-order valence-electron chi connectivity index (χ4n) is 4.56. The highest BCUT2D eigenvalue weighted by molar-refractivity contribution is 7.91. The van der Waals surface area contributed by atoms with Gasteiger partial charge in [-0.05, 0) is 37.5 Å². The van der Waals surface area contributed by atoms with Crippen molar-refractivity contribution in [2.45, 2.75) is 43.7 Å². The van der Waals surface area contributed by atoms with Gasteiger partial charge >= 0.3 is 5.69 Å². The summed E-state index contributed by atoms with van der Waals surface area (Å²) in [7, 11) is -0.401. The zero-order valence-electron chi connectivity index (χ0n) is 19.0. The van der Waals surface area contributed by atoms with Crippen LogP contribution in [0.25, 0.3) is 11.0 Å². The third kappa shape index (κ3) is 4.05. The molecule has 0 atom stereocenters. The second-order valence-electron chi connectivity index (χ2n) is 8.50. The zero-order valence-corrected chi connectivity index (χ0v) is 19.8. The number of likely N-dealkylation sites (tertiary alicyclic amines) is 1. The Morgan fingerprint density at radius 3 is 2.45 bits per heavy atom. The second kappa shape index (κ2) is 8.69. The molecule has 1 aliphatic heterocycles. The summed E-state index contributed by atoms with van der Waals surface area (Å²) < 4.78 is 34.8. The van der Waals surface area contributed by atoms with Crippen LogP contribution in [0.15, 0.2) is 38.5 Å². The summed E-state index contributed by atoms with van der Waals surface area (Å²) in [6, 6.07) is 4.85. The molecule has 0 bridgehead atoms. The SMILES string of the molecule is CCCn1c(C(=O)N2CCC(S(=O)(=O)Cc3ccco3)CC2)cc2c(=O)n(C)c(=O)n(C)c21. The number of carbonyl (C=O) groups excluding carboxylic acids is 1. The van der Waals surface area contributed by atoms with Gasteiger partial charge in [0.2, 0.25) is 0 Å². The number of piperidine rings is 1. The molecule has 0 aliphatic carbocycles. The fourth-order valence-corrected chi connectivity index (χ4v) is 6.28. The highest BCUT2D eigenvalue weighted by Gasteiger charge is 2.33. The van der Waals surface area contributed by atoms with E-state index >= 15 is 0 Å². The van der Waals surface area contributed by atoms with Crippen LogP contribution in [0.5, 0.6) is 0 Å². The molecule has 33 heavy (non-hydrogen) atoms. The van der Waals surface area contributed by atoms with Crippen molar-refractivity contribution in [3.63, 3.8) is 0 Å². The van der Waals surface area contributed by atoms with Crippen LogP contribution in [0, 0.1) is 0 Å². The number of fused-ring (bicyclic) bond motifs is 1. The van der Waals surface area contributed by atoms with E-state index in [1.54, 1.807) is 34.7 Å². The number of sulfone groups is 1. The number of amides is 1. The number of aryl methyl sites for hydroxylation is 2. The molecule has 1 saturated heterocycles. The van der Waals surface area contributed by atoms with Crippen LogP contribution in [-0.2, 0) is 36.2 Å². The number of hydrogen-bond acceptors (Lipinski definition) is 6. The second-order valence-corrected chi connectivity index (χ2v) is 10.8. The van der Waals surface area contributed by atoms with Gasteiger partial charge < -0.3 is 13.9 Å². The number of rotatable bonds is 6. The molecule has 0 spiro atoms. The lowest BCUT2D eigenvalue weighted by Crippen LogP contribution is -2.43. The van der Waals surface area contributed by atoms with E-state index in [1.165, 1.54) is 17.9 Å². The average Bonchev–Trinajstić information content (AvgIpc) is 3.44. The lowest BCUT2D eigenvalue weighted by Gasteiger charge is -2.31. The van der Waals surface area contributed by atoms with Gasteiger partial charge in [-0.3, -0.25) is 18.7 Å². The summed E-state index contributed by atoms with van der Waals surface area (Å²) in [6.07, 6.45) is 2.83. The molecule has 4 rings (SSSR count). The van der Waals surface area contributed by atoms with Gasteiger partial charge in [-0.1, -0.05) is 6.92 Å². The van der Waals surface area contributed by atoms with E-state index in [-0.39, 0.29) is 11.7 Å². The van der Waals surface area contributed by atoms with Gasteiger partial charge in [0.15, 0.2) is 9.84 Å². The van der Waals surface area contributed by atoms with Crippen LogP contribution in [0.4, 0.5) is 0 Å². The molecule has 0 saturated carbocycles. The monoisotopic (exact) mass is 476 g/mol. The molecule has 178 valence electrons. The maximum atomic E-state index is 13.4. The largest absolute Gasteiger partial charge is 0.468 e. The van der Waals surface area contributed by atoms with E-state index < -0.39 is 26.3 Å². The van der Waals surface area contributed by atoms with E-state index in [4.69, 9.17) is 4.42 Å². The van der Waals surface area contributed by atoms with Gasteiger partial charge in [0.25, 0.3) is 11.5 Å². The number of nitrogens with zero attached hydrogens (tertiary/aromatic N) is 4. The van der Waals surface area contributed by atoms with Crippen molar-refractivity contribution < 1.29 is 17.6 Å². The highest BCUT2D eigenvalue weighted by atomic mass is 32.2. The van der Waals surface area contributed by atoms with E-state index in [1.807, 2.05) is 6.92 Å².